The van der Waals surface area contributed by atoms with Crippen LogP contribution in [0.4, 0.5) is 0 Å². The van der Waals surface area contributed by atoms with Gasteiger partial charge in [0.1, 0.15) is 0 Å². The van der Waals surface area contributed by atoms with Gasteiger partial charge in [-0.25, -0.2) is 0 Å². The first kappa shape index (κ1) is 14.6. The highest BCUT2D eigenvalue weighted by molar-refractivity contribution is 4.80. The predicted octanol–water partition coefficient (Wildman–Crippen LogP) is 3.32. The van der Waals surface area contributed by atoms with E-state index in [0.717, 1.165) is 19.3 Å². The molecule has 0 aliphatic rings. The normalized spacial score (nSPS) is 14.2. The number of hydrogen-bond acceptors (Lipinski definition) is 4. The monoisotopic (exact) mass is 220 g/mol. The Hall–Kier alpha value is -1.42. The summed E-state index contributed by atoms with van der Waals surface area (Å²) in [5.74, 6) is 0.512. The lowest BCUT2D eigenvalue weighted by Gasteiger charge is -2.08. The van der Waals surface area contributed by atoms with E-state index in [1.165, 1.54) is 0 Å². The van der Waals surface area contributed by atoms with Crippen molar-refractivity contribution in [2.45, 2.75) is 39.5 Å². The van der Waals surface area contributed by atoms with Gasteiger partial charge in [0.25, 0.3) is 0 Å². The molecule has 0 N–H and O–H groups in total. The van der Waals surface area contributed by atoms with Gasteiger partial charge >= 0.3 is 0 Å². The summed E-state index contributed by atoms with van der Waals surface area (Å²) in [6.07, 6.45) is 3.31. The molecule has 0 rings (SSSR count). The Morgan fingerprint density at radius 1 is 1.12 bits per heavy atom. The minimum absolute atomic E-state index is 0.0980. The predicted molar refractivity (Wildman–Crippen MR) is 62.6 cm³/mol. The second-order valence-corrected chi connectivity index (χ2v) is 4.18. The van der Waals surface area contributed by atoms with Gasteiger partial charge in [0.2, 0.25) is 0 Å². The average Bonchev–Trinajstić information content (AvgIpc) is 2.27. The number of nitriles is 2. The Labute approximate surface area is 98.0 Å². The third-order valence-electron chi connectivity index (χ3n) is 2.27. The Balaban J connectivity index is 3.46. The van der Waals surface area contributed by atoms with Gasteiger partial charge in [-0.2, -0.15) is 20.8 Å². The SMILES string of the molecule is CC(C#N)CC(C)CN=NCCCCC#N. The fraction of sp³-hybridized carbons (Fsp3) is 0.833. The number of unbranched alkanes of at least 4 members (excludes halogenated alkanes) is 2. The van der Waals surface area contributed by atoms with Crippen LogP contribution in [0, 0.1) is 34.5 Å². The fourth-order valence-corrected chi connectivity index (χ4v) is 1.39. The molecule has 0 spiro atoms. The van der Waals surface area contributed by atoms with Gasteiger partial charge in [-0.3, -0.25) is 0 Å². The lowest BCUT2D eigenvalue weighted by atomic mass is 9.99. The highest BCUT2D eigenvalue weighted by Crippen LogP contribution is 2.11. The Morgan fingerprint density at radius 2 is 1.88 bits per heavy atom. The van der Waals surface area contributed by atoms with Crippen molar-refractivity contribution in [1.82, 2.24) is 0 Å². The molecule has 0 saturated carbocycles. The largest absolute Gasteiger partial charge is 0.198 e. The number of azo groups is 1. The van der Waals surface area contributed by atoms with Crippen molar-refractivity contribution < 1.29 is 0 Å². The minimum Gasteiger partial charge on any atom is -0.198 e. The van der Waals surface area contributed by atoms with Gasteiger partial charge in [0.15, 0.2) is 0 Å². The Morgan fingerprint density at radius 3 is 2.50 bits per heavy atom. The molecule has 0 aliphatic carbocycles. The first-order valence-corrected chi connectivity index (χ1v) is 5.80. The van der Waals surface area contributed by atoms with Crippen molar-refractivity contribution in [3.8, 4) is 12.1 Å². The quantitative estimate of drug-likeness (QED) is 0.465. The van der Waals surface area contributed by atoms with Crippen LogP contribution in [0.5, 0.6) is 0 Å². The lowest BCUT2D eigenvalue weighted by molar-refractivity contribution is 0.473. The van der Waals surface area contributed by atoms with Crippen LogP contribution in [0.15, 0.2) is 10.2 Å². The van der Waals surface area contributed by atoms with Gasteiger partial charge < -0.3 is 0 Å². The van der Waals surface area contributed by atoms with E-state index in [1.54, 1.807) is 0 Å². The van der Waals surface area contributed by atoms with Crippen molar-refractivity contribution in [1.29, 1.82) is 10.5 Å². The van der Waals surface area contributed by atoms with Gasteiger partial charge in [0.05, 0.1) is 25.2 Å². The summed E-state index contributed by atoms with van der Waals surface area (Å²) in [5, 5.41) is 25.1. The zero-order chi connectivity index (χ0) is 12.2. The molecular formula is C12H20N4. The summed E-state index contributed by atoms with van der Waals surface area (Å²) >= 11 is 0. The topological polar surface area (TPSA) is 72.3 Å². The smallest absolute Gasteiger partial charge is 0.0652 e. The number of hydrogen-bond donors (Lipinski definition) is 0. The highest BCUT2D eigenvalue weighted by atomic mass is 15.1. The highest BCUT2D eigenvalue weighted by Gasteiger charge is 2.06. The standard InChI is InChI=1S/C12H20N4/c1-11(9-14)8-12(2)10-16-15-7-5-3-4-6-13/h11-12H,3-5,7-8,10H2,1-2H3. The second kappa shape index (κ2) is 10.1. The summed E-state index contributed by atoms with van der Waals surface area (Å²) in [7, 11) is 0. The zero-order valence-electron chi connectivity index (χ0n) is 10.2. The number of nitrogens with zero attached hydrogens (tertiary/aromatic N) is 4. The summed E-state index contributed by atoms with van der Waals surface area (Å²) in [5.41, 5.74) is 0. The molecular weight excluding hydrogens is 200 g/mol. The van der Waals surface area contributed by atoms with E-state index in [2.05, 4.69) is 29.3 Å². The van der Waals surface area contributed by atoms with Crippen molar-refractivity contribution >= 4 is 0 Å². The molecule has 0 fully saturated rings. The van der Waals surface area contributed by atoms with E-state index in [1.807, 2.05) is 6.92 Å². The molecule has 0 aromatic rings. The lowest BCUT2D eigenvalue weighted by Crippen LogP contribution is -2.04. The van der Waals surface area contributed by atoms with Crippen LogP contribution >= 0.6 is 0 Å². The maximum absolute atomic E-state index is 8.65. The maximum atomic E-state index is 8.65. The third kappa shape index (κ3) is 9.15. The van der Waals surface area contributed by atoms with Crippen LogP contribution in [-0.2, 0) is 0 Å². The van der Waals surface area contributed by atoms with Crippen molar-refractivity contribution in [2.24, 2.45) is 22.1 Å². The van der Waals surface area contributed by atoms with E-state index in [0.29, 0.717) is 25.4 Å². The third-order valence-corrected chi connectivity index (χ3v) is 2.27. The van der Waals surface area contributed by atoms with Crippen LogP contribution in [0.3, 0.4) is 0 Å². The molecule has 0 bridgehead atoms. The van der Waals surface area contributed by atoms with E-state index in [9.17, 15) is 0 Å². The molecule has 4 heteroatoms. The van der Waals surface area contributed by atoms with Crippen molar-refractivity contribution in [2.75, 3.05) is 13.1 Å². The molecule has 0 saturated heterocycles. The van der Waals surface area contributed by atoms with Crippen molar-refractivity contribution in [3.05, 3.63) is 0 Å². The van der Waals surface area contributed by atoms with Crippen molar-refractivity contribution in [3.63, 3.8) is 0 Å². The molecule has 0 amide bonds. The fourth-order valence-electron chi connectivity index (χ4n) is 1.39. The molecule has 2 atom stereocenters. The van der Waals surface area contributed by atoms with Crippen LogP contribution in [0.1, 0.15) is 39.5 Å². The molecule has 0 aliphatic heterocycles. The molecule has 4 nitrogen and oxygen atoms in total. The first-order valence-electron chi connectivity index (χ1n) is 5.80. The molecule has 2 unspecified atom stereocenters. The molecule has 0 heterocycles. The molecule has 0 aromatic heterocycles. The van der Waals surface area contributed by atoms with Gasteiger partial charge in [-0.05, 0) is 32.1 Å². The van der Waals surface area contributed by atoms with Crippen LogP contribution < -0.4 is 0 Å². The van der Waals surface area contributed by atoms with E-state index in [4.69, 9.17) is 10.5 Å². The molecule has 0 radical (unpaired) electrons. The van der Waals surface area contributed by atoms with E-state index >= 15 is 0 Å². The van der Waals surface area contributed by atoms with Crippen LogP contribution in [0.25, 0.3) is 0 Å². The van der Waals surface area contributed by atoms with Gasteiger partial charge in [0, 0.05) is 12.3 Å². The summed E-state index contributed by atoms with van der Waals surface area (Å²) in [6.45, 7) is 5.42. The Kier molecular flexibility index (Phi) is 9.21. The van der Waals surface area contributed by atoms with Crippen LogP contribution in [0.2, 0.25) is 0 Å². The summed E-state index contributed by atoms with van der Waals surface area (Å²) in [4.78, 5) is 0. The average molecular weight is 220 g/mol. The molecule has 88 valence electrons. The van der Waals surface area contributed by atoms with E-state index in [-0.39, 0.29) is 5.92 Å². The van der Waals surface area contributed by atoms with Gasteiger partial charge in [-0.15, -0.1) is 0 Å². The van der Waals surface area contributed by atoms with Gasteiger partial charge in [-0.1, -0.05) is 6.92 Å². The zero-order valence-corrected chi connectivity index (χ0v) is 10.2. The Bertz CT molecular complexity index is 272. The van der Waals surface area contributed by atoms with E-state index < -0.39 is 0 Å². The summed E-state index contributed by atoms with van der Waals surface area (Å²) < 4.78 is 0. The second-order valence-electron chi connectivity index (χ2n) is 4.18. The van der Waals surface area contributed by atoms with Crippen LogP contribution in [-0.4, -0.2) is 13.1 Å². The minimum atomic E-state index is 0.0980. The molecule has 16 heavy (non-hydrogen) atoms. The molecule has 0 aromatic carbocycles. The first-order chi connectivity index (χ1) is 7.70. The number of rotatable bonds is 8. The maximum Gasteiger partial charge on any atom is 0.0652 e. The summed E-state index contributed by atoms with van der Waals surface area (Å²) in [6, 6.07) is 4.32.